The van der Waals surface area contributed by atoms with E-state index in [0.717, 1.165) is 0 Å². The van der Waals surface area contributed by atoms with Crippen LogP contribution in [0.2, 0.25) is 0 Å². The number of carbonyl (C=O) groups excluding carboxylic acids is 4. The molecule has 4 fully saturated rings. The summed E-state index contributed by atoms with van der Waals surface area (Å²) < 4.78 is 54.4. The third-order valence-corrected chi connectivity index (χ3v) is 5.73. The van der Waals surface area contributed by atoms with Gasteiger partial charge in [-0.1, -0.05) is 0 Å². The molecular formula is C14H12F4O4. The van der Waals surface area contributed by atoms with Crippen molar-refractivity contribution in [3.63, 3.8) is 0 Å². The lowest BCUT2D eigenvalue weighted by molar-refractivity contribution is -0.219. The molecule has 4 rings (SSSR count). The third-order valence-electron chi connectivity index (χ3n) is 5.73. The summed E-state index contributed by atoms with van der Waals surface area (Å²) in [5.74, 6) is 0. The maximum absolute atomic E-state index is 13.6. The number of hydrogen-bond donors (Lipinski definition) is 0. The van der Waals surface area contributed by atoms with Gasteiger partial charge in [0.25, 0.3) is 0 Å². The molecule has 0 aromatic carbocycles. The van der Waals surface area contributed by atoms with Crippen LogP contribution in [0.4, 0.5) is 17.6 Å². The smallest absolute Gasteiger partial charge is 0.261 e. The van der Waals surface area contributed by atoms with Crippen molar-refractivity contribution in [2.75, 3.05) is 0 Å². The van der Waals surface area contributed by atoms with Gasteiger partial charge in [-0.15, -0.1) is 0 Å². The number of halogens is 4. The van der Waals surface area contributed by atoms with Crippen molar-refractivity contribution in [1.29, 1.82) is 0 Å². The van der Waals surface area contributed by atoms with Crippen molar-refractivity contribution in [2.45, 2.75) is 38.5 Å². The summed E-state index contributed by atoms with van der Waals surface area (Å²) in [5.41, 5.74) is -8.22. The van der Waals surface area contributed by atoms with Gasteiger partial charge in [-0.05, 0) is 38.5 Å². The summed E-state index contributed by atoms with van der Waals surface area (Å²) in [6, 6.07) is -7.86. The van der Waals surface area contributed by atoms with E-state index in [4.69, 9.17) is 0 Å². The summed E-state index contributed by atoms with van der Waals surface area (Å²) in [4.78, 5) is 45.7. The zero-order chi connectivity index (χ0) is 16.6. The molecule has 0 spiro atoms. The quantitative estimate of drug-likeness (QED) is 0.589. The van der Waals surface area contributed by atoms with Crippen molar-refractivity contribution in [2.24, 2.45) is 21.7 Å². The van der Waals surface area contributed by atoms with E-state index in [-0.39, 0.29) is 0 Å². The zero-order valence-electron chi connectivity index (χ0n) is 11.4. The Morgan fingerprint density at radius 1 is 0.455 bits per heavy atom. The van der Waals surface area contributed by atoms with Gasteiger partial charge < -0.3 is 0 Å². The first-order valence-corrected chi connectivity index (χ1v) is 6.82. The van der Waals surface area contributed by atoms with E-state index >= 15 is 0 Å². The standard InChI is InChI=1S/C14H12F4O4/c15-7(19)11-1-12(8(16)20)4-13(2-11,9(17)21)6-14(3-11,5-12)10(18)22/h1-6H2. The number of rotatable bonds is 4. The molecular weight excluding hydrogens is 308 g/mol. The highest BCUT2D eigenvalue weighted by atomic mass is 19.1. The molecule has 0 unspecified atom stereocenters. The van der Waals surface area contributed by atoms with Crippen LogP contribution < -0.4 is 0 Å². The van der Waals surface area contributed by atoms with Gasteiger partial charge in [0.15, 0.2) is 0 Å². The average molecular weight is 320 g/mol. The number of carbonyl (C=O) groups is 4. The molecule has 0 radical (unpaired) electrons. The molecule has 4 bridgehead atoms. The lowest BCUT2D eigenvalue weighted by Gasteiger charge is -2.65. The predicted molar refractivity (Wildman–Crippen MR) is 61.9 cm³/mol. The van der Waals surface area contributed by atoms with Crippen LogP contribution in [0.25, 0.3) is 0 Å². The Morgan fingerprint density at radius 2 is 0.591 bits per heavy atom. The van der Waals surface area contributed by atoms with E-state index in [9.17, 15) is 36.7 Å². The molecule has 4 saturated carbocycles. The van der Waals surface area contributed by atoms with E-state index in [1.54, 1.807) is 0 Å². The zero-order valence-corrected chi connectivity index (χ0v) is 11.4. The summed E-state index contributed by atoms with van der Waals surface area (Å²) in [7, 11) is 0. The van der Waals surface area contributed by atoms with E-state index < -0.39 is 84.3 Å². The van der Waals surface area contributed by atoms with Crippen molar-refractivity contribution in [1.82, 2.24) is 0 Å². The van der Waals surface area contributed by atoms with Gasteiger partial charge >= 0.3 is 24.1 Å². The molecule has 0 N–H and O–H groups in total. The fourth-order valence-electron chi connectivity index (χ4n) is 5.47. The van der Waals surface area contributed by atoms with Gasteiger partial charge in [-0.25, -0.2) is 0 Å². The molecule has 4 nitrogen and oxygen atoms in total. The topological polar surface area (TPSA) is 68.3 Å². The molecule has 22 heavy (non-hydrogen) atoms. The minimum absolute atomic E-state index is 0.561. The maximum atomic E-state index is 13.6. The first kappa shape index (κ1) is 15.3. The lowest BCUT2D eigenvalue weighted by Crippen LogP contribution is -2.67. The maximum Gasteiger partial charge on any atom is 0.307 e. The lowest BCUT2D eigenvalue weighted by atomic mass is 9.35. The van der Waals surface area contributed by atoms with E-state index in [0.29, 0.717) is 0 Å². The predicted octanol–water partition coefficient (Wildman–Crippen LogP) is 2.30. The van der Waals surface area contributed by atoms with Crippen LogP contribution in [0.15, 0.2) is 0 Å². The van der Waals surface area contributed by atoms with Gasteiger partial charge in [-0.2, -0.15) is 17.6 Å². The molecule has 8 heteroatoms. The van der Waals surface area contributed by atoms with Crippen LogP contribution in [-0.4, -0.2) is 24.1 Å². The van der Waals surface area contributed by atoms with Gasteiger partial charge in [0.05, 0.1) is 21.7 Å². The molecule has 0 amide bonds. The summed E-state index contributed by atoms with van der Waals surface area (Å²) >= 11 is 0. The van der Waals surface area contributed by atoms with Crippen LogP contribution in [-0.2, 0) is 19.2 Å². The van der Waals surface area contributed by atoms with Crippen LogP contribution >= 0.6 is 0 Å². The summed E-state index contributed by atoms with van der Waals surface area (Å²) in [5, 5.41) is 0. The molecule has 4 aliphatic rings. The largest absolute Gasteiger partial charge is 0.307 e. The van der Waals surface area contributed by atoms with Crippen molar-refractivity contribution in [3.05, 3.63) is 0 Å². The second-order valence-electron chi connectivity index (χ2n) is 7.28. The average Bonchev–Trinajstić information content (AvgIpc) is 2.36. The van der Waals surface area contributed by atoms with E-state index in [2.05, 4.69) is 0 Å². The Kier molecular flexibility index (Phi) is 2.80. The van der Waals surface area contributed by atoms with E-state index in [1.165, 1.54) is 0 Å². The number of hydrogen-bond acceptors (Lipinski definition) is 4. The Balaban J connectivity index is 2.26. The van der Waals surface area contributed by atoms with Gasteiger partial charge in [0, 0.05) is 0 Å². The van der Waals surface area contributed by atoms with Crippen molar-refractivity contribution >= 4 is 24.1 Å². The summed E-state index contributed by atoms with van der Waals surface area (Å²) in [6.07, 6.45) is -3.36. The minimum atomic E-state index is -2.06. The third kappa shape index (κ3) is 1.63. The fraction of sp³-hybridized carbons (Fsp3) is 0.714. The van der Waals surface area contributed by atoms with Gasteiger partial charge in [0.2, 0.25) is 0 Å². The molecule has 0 atom stereocenters. The van der Waals surface area contributed by atoms with Gasteiger partial charge in [0.1, 0.15) is 0 Å². The molecule has 4 aliphatic carbocycles. The highest BCUT2D eigenvalue weighted by Crippen LogP contribution is 2.74. The molecule has 0 aliphatic heterocycles. The second kappa shape index (κ2) is 4.02. The molecule has 0 aromatic heterocycles. The van der Waals surface area contributed by atoms with Gasteiger partial charge in [-0.3, -0.25) is 19.2 Å². The van der Waals surface area contributed by atoms with E-state index in [1.807, 2.05) is 0 Å². The fourth-order valence-corrected chi connectivity index (χ4v) is 5.47. The Morgan fingerprint density at radius 3 is 0.682 bits per heavy atom. The molecule has 0 saturated heterocycles. The van der Waals surface area contributed by atoms with Crippen LogP contribution in [0.1, 0.15) is 38.5 Å². The summed E-state index contributed by atoms with van der Waals surface area (Å²) in [6.45, 7) is 0. The molecule has 0 heterocycles. The SMILES string of the molecule is O=C(F)C12CC3(C(=O)F)CC(C(=O)F)(C1)CC(C(=O)F)(C2)C3. The normalized spacial score (nSPS) is 45.6. The Bertz CT molecular complexity index is 485. The first-order chi connectivity index (χ1) is 10.0. The molecule has 120 valence electrons. The van der Waals surface area contributed by atoms with Crippen molar-refractivity contribution < 1.29 is 36.7 Å². The van der Waals surface area contributed by atoms with Crippen molar-refractivity contribution in [3.8, 4) is 0 Å². The Labute approximate surface area is 122 Å². The monoisotopic (exact) mass is 320 g/mol. The molecule has 0 aromatic rings. The highest BCUT2D eigenvalue weighted by Gasteiger charge is 2.76. The van der Waals surface area contributed by atoms with Crippen LogP contribution in [0.3, 0.4) is 0 Å². The highest BCUT2D eigenvalue weighted by molar-refractivity contribution is 5.90. The van der Waals surface area contributed by atoms with Crippen LogP contribution in [0.5, 0.6) is 0 Å². The van der Waals surface area contributed by atoms with Crippen LogP contribution in [0, 0.1) is 21.7 Å². The second-order valence-corrected chi connectivity index (χ2v) is 7.28. The first-order valence-electron chi connectivity index (χ1n) is 6.82. The minimum Gasteiger partial charge on any atom is -0.261 e. The Hall–Kier alpha value is -1.60.